The number of pyridine rings is 1. The summed E-state index contributed by atoms with van der Waals surface area (Å²) in [6.07, 6.45) is 3.41. The minimum atomic E-state index is 0.486. The number of hydrogen-bond donors (Lipinski definition) is 0. The Morgan fingerprint density at radius 3 is 2.91 bits per heavy atom. The van der Waals surface area contributed by atoms with E-state index in [9.17, 15) is 0 Å². The highest BCUT2D eigenvalue weighted by Crippen LogP contribution is 2.29. The van der Waals surface area contributed by atoms with Crippen LogP contribution >= 0.6 is 23.1 Å². The second-order valence-electron chi connectivity index (χ2n) is 4.48. The molecule has 0 saturated heterocycles. The maximum atomic E-state index is 5.64. The smallest absolute Gasteiger partial charge is 0.277 e. The second-order valence-corrected chi connectivity index (χ2v) is 6.52. The Morgan fingerprint density at radius 2 is 2.05 bits per heavy atom. The maximum absolute atomic E-state index is 5.64. The van der Waals surface area contributed by atoms with Gasteiger partial charge < -0.3 is 4.42 Å². The minimum absolute atomic E-state index is 0.486. The maximum Gasteiger partial charge on any atom is 0.277 e. The first kappa shape index (κ1) is 13.4. The molecule has 0 atom stereocenters. The monoisotopic (exact) mass is 326 g/mol. The summed E-state index contributed by atoms with van der Waals surface area (Å²) < 4.78 is 6.84. The van der Waals surface area contributed by atoms with Gasteiger partial charge in [0, 0.05) is 12.4 Å². The van der Waals surface area contributed by atoms with Gasteiger partial charge in [-0.3, -0.25) is 4.98 Å². The predicted molar refractivity (Wildman–Crippen MR) is 86.7 cm³/mol. The van der Waals surface area contributed by atoms with Crippen molar-refractivity contribution in [2.75, 3.05) is 0 Å². The summed E-state index contributed by atoms with van der Waals surface area (Å²) >= 11 is 3.18. The highest BCUT2D eigenvalue weighted by atomic mass is 32.2. The summed E-state index contributed by atoms with van der Waals surface area (Å²) in [5.74, 6) is 1.20. The van der Waals surface area contributed by atoms with Gasteiger partial charge >= 0.3 is 0 Å². The highest BCUT2D eigenvalue weighted by molar-refractivity contribution is 7.98. The van der Waals surface area contributed by atoms with Crippen LogP contribution in [-0.4, -0.2) is 20.2 Å². The van der Waals surface area contributed by atoms with Crippen molar-refractivity contribution in [3.63, 3.8) is 0 Å². The molecule has 0 unspecified atom stereocenters. The molecule has 7 heteroatoms. The molecule has 3 heterocycles. The first-order valence-corrected chi connectivity index (χ1v) is 8.40. The first-order valence-electron chi connectivity index (χ1n) is 6.60. The number of fused-ring (bicyclic) bond motifs is 1. The third-order valence-corrected chi connectivity index (χ3v) is 5.02. The average Bonchev–Trinajstić information content (AvgIpc) is 3.20. The number of aromatic nitrogens is 4. The van der Waals surface area contributed by atoms with Gasteiger partial charge in [-0.25, -0.2) is 4.98 Å². The van der Waals surface area contributed by atoms with Gasteiger partial charge in [0.15, 0.2) is 0 Å². The molecule has 0 aliphatic heterocycles. The van der Waals surface area contributed by atoms with E-state index in [1.165, 1.54) is 16.5 Å². The minimum Gasteiger partial charge on any atom is -0.411 e. The average molecular weight is 326 g/mol. The Morgan fingerprint density at radius 1 is 1.09 bits per heavy atom. The summed E-state index contributed by atoms with van der Waals surface area (Å²) in [6.45, 7) is 0. The van der Waals surface area contributed by atoms with Crippen LogP contribution in [0, 0.1) is 0 Å². The van der Waals surface area contributed by atoms with Gasteiger partial charge in [0.2, 0.25) is 5.89 Å². The molecule has 0 amide bonds. The molecule has 0 saturated carbocycles. The molecule has 0 aliphatic rings. The number of thioether (sulfide) groups is 1. The molecule has 3 aromatic heterocycles. The summed E-state index contributed by atoms with van der Waals surface area (Å²) in [5, 5.41) is 9.69. The molecule has 0 radical (unpaired) electrons. The number of thiazole rings is 1. The van der Waals surface area contributed by atoms with Crippen LogP contribution in [0.4, 0.5) is 0 Å². The van der Waals surface area contributed by atoms with Gasteiger partial charge in [-0.15, -0.1) is 21.5 Å². The predicted octanol–water partition coefficient (Wildman–Crippen LogP) is 4.03. The zero-order chi connectivity index (χ0) is 14.8. The van der Waals surface area contributed by atoms with E-state index in [-0.39, 0.29) is 0 Å². The van der Waals surface area contributed by atoms with Gasteiger partial charge in [0.1, 0.15) is 5.01 Å². The largest absolute Gasteiger partial charge is 0.411 e. The van der Waals surface area contributed by atoms with Crippen LogP contribution in [0.15, 0.2) is 58.4 Å². The van der Waals surface area contributed by atoms with Crippen LogP contribution in [0.3, 0.4) is 0 Å². The van der Waals surface area contributed by atoms with Crippen molar-refractivity contribution in [3.05, 3.63) is 53.8 Å². The molecule has 108 valence electrons. The summed E-state index contributed by atoms with van der Waals surface area (Å²) in [5.41, 5.74) is 1.85. The van der Waals surface area contributed by atoms with Crippen LogP contribution in [0.1, 0.15) is 5.01 Å². The first-order chi connectivity index (χ1) is 10.9. The van der Waals surface area contributed by atoms with Gasteiger partial charge in [0.05, 0.1) is 21.5 Å². The lowest BCUT2D eigenvalue weighted by molar-refractivity contribution is 0.465. The van der Waals surface area contributed by atoms with Gasteiger partial charge in [-0.2, -0.15) is 0 Å². The zero-order valence-corrected chi connectivity index (χ0v) is 13.0. The van der Waals surface area contributed by atoms with E-state index in [4.69, 9.17) is 4.42 Å². The van der Waals surface area contributed by atoms with E-state index < -0.39 is 0 Å². The Balaban J connectivity index is 1.49. The molecule has 0 fully saturated rings. The van der Waals surface area contributed by atoms with Crippen molar-refractivity contribution in [1.82, 2.24) is 20.2 Å². The summed E-state index contributed by atoms with van der Waals surface area (Å²) in [7, 11) is 0. The molecule has 22 heavy (non-hydrogen) atoms. The van der Waals surface area contributed by atoms with E-state index >= 15 is 0 Å². The molecule has 0 N–H and O–H groups in total. The lowest BCUT2D eigenvalue weighted by Crippen LogP contribution is -1.78. The highest BCUT2D eigenvalue weighted by Gasteiger charge is 2.10. The van der Waals surface area contributed by atoms with Gasteiger partial charge in [-0.1, -0.05) is 23.9 Å². The number of rotatable bonds is 4. The lowest BCUT2D eigenvalue weighted by atomic mass is 10.3. The quantitative estimate of drug-likeness (QED) is 0.527. The Bertz CT molecular complexity index is 871. The van der Waals surface area contributed by atoms with E-state index in [0.717, 1.165) is 16.1 Å². The van der Waals surface area contributed by atoms with Crippen molar-refractivity contribution < 1.29 is 4.42 Å². The third kappa shape index (κ3) is 2.72. The molecule has 5 nitrogen and oxygen atoms in total. The van der Waals surface area contributed by atoms with Crippen molar-refractivity contribution in [1.29, 1.82) is 0 Å². The van der Waals surface area contributed by atoms with E-state index in [2.05, 4.69) is 26.2 Å². The number of para-hydroxylation sites is 1. The van der Waals surface area contributed by atoms with E-state index in [1.807, 2.05) is 30.3 Å². The summed E-state index contributed by atoms with van der Waals surface area (Å²) in [4.78, 5) is 8.64. The summed E-state index contributed by atoms with van der Waals surface area (Å²) in [6, 6.07) is 11.9. The topological polar surface area (TPSA) is 64.7 Å². The van der Waals surface area contributed by atoms with E-state index in [0.29, 0.717) is 16.9 Å². The third-order valence-electron chi connectivity index (χ3n) is 2.97. The number of nitrogens with zero attached hydrogens (tertiary/aromatic N) is 4. The Kier molecular flexibility index (Phi) is 3.57. The van der Waals surface area contributed by atoms with Crippen LogP contribution in [-0.2, 0) is 5.75 Å². The van der Waals surface area contributed by atoms with Crippen LogP contribution in [0.2, 0.25) is 0 Å². The fourth-order valence-corrected chi connectivity index (χ4v) is 3.70. The van der Waals surface area contributed by atoms with Crippen LogP contribution in [0.25, 0.3) is 21.7 Å². The molecule has 0 aliphatic carbocycles. The second kappa shape index (κ2) is 5.86. The van der Waals surface area contributed by atoms with Crippen molar-refractivity contribution in [2.24, 2.45) is 0 Å². The normalized spacial score (nSPS) is 11.1. The standard InChI is InChI=1S/C15H10N4OS2/c1-2-6-12-11(5-1)17-13(22-12)9-21-15-19-18-14(20-15)10-4-3-7-16-8-10/h1-8H,9H2. The molecular formula is C15H10N4OS2. The Hall–Kier alpha value is -2.25. The van der Waals surface area contributed by atoms with E-state index in [1.54, 1.807) is 23.7 Å². The Labute approximate surface area is 134 Å². The molecule has 0 spiro atoms. The zero-order valence-electron chi connectivity index (χ0n) is 11.3. The van der Waals surface area contributed by atoms with Crippen LogP contribution < -0.4 is 0 Å². The number of benzene rings is 1. The van der Waals surface area contributed by atoms with Gasteiger partial charge in [0.25, 0.3) is 5.22 Å². The van der Waals surface area contributed by atoms with Gasteiger partial charge in [-0.05, 0) is 24.3 Å². The fourth-order valence-electron chi connectivity index (χ4n) is 1.98. The van der Waals surface area contributed by atoms with Crippen LogP contribution in [0.5, 0.6) is 0 Å². The number of hydrogen-bond acceptors (Lipinski definition) is 7. The van der Waals surface area contributed by atoms with Crippen molar-refractivity contribution >= 4 is 33.3 Å². The SMILES string of the molecule is c1cncc(-c2nnc(SCc3nc4ccccc4s3)o2)c1. The van der Waals surface area contributed by atoms with Crippen molar-refractivity contribution in [3.8, 4) is 11.5 Å². The molecule has 4 aromatic rings. The van der Waals surface area contributed by atoms with Crippen molar-refractivity contribution in [2.45, 2.75) is 11.0 Å². The molecule has 0 bridgehead atoms. The lowest BCUT2D eigenvalue weighted by Gasteiger charge is -1.92. The molecular weight excluding hydrogens is 316 g/mol. The molecule has 4 rings (SSSR count). The fraction of sp³-hybridized carbons (Fsp3) is 0.0667. The molecule has 1 aromatic carbocycles.